The van der Waals surface area contributed by atoms with E-state index in [4.69, 9.17) is 0 Å². The van der Waals surface area contributed by atoms with Crippen molar-refractivity contribution >= 4 is 15.7 Å². The molecule has 5 nitrogen and oxygen atoms in total. The summed E-state index contributed by atoms with van der Waals surface area (Å²) < 4.78 is 24.1. The Bertz CT molecular complexity index is 861. The zero-order chi connectivity index (χ0) is 21.1. The molecule has 0 radical (unpaired) electrons. The van der Waals surface area contributed by atoms with Gasteiger partial charge in [-0.25, -0.2) is 8.42 Å². The summed E-state index contributed by atoms with van der Waals surface area (Å²) >= 11 is 0. The van der Waals surface area contributed by atoms with Gasteiger partial charge in [0.05, 0.1) is 18.1 Å². The van der Waals surface area contributed by atoms with Crippen LogP contribution in [0.15, 0.2) is 18.2 Å². The van der Waals surface area contributed by atoms with Gasteiger partial charge in [-0.15, -0.1) is 0 Å². The molecule has 0 unspecified atom stereocenters. The molecule has 0 aromatic heterocycles. The van der Waals surface area contributed by atoms with Gasteiger partial charge in [0.1, 0.15) is 0 Å². The van der Waals surface area contributed by atoms with E-state index in [2.05, 4.69) is 30.4 Å². The number of nitrogens with zero attached hydrogens (tertiary/aromatic N) is 1. The minimum Gasteiger partial charge on any atom is -0.335 e. The number of aryl methyl sites for hydroxylation is 2. The van der Waals surface area contributed by atoms with Crippen LogP contribution in [0.1, 0.15) is 81.0 Å². The topological polar surface area (TPSA) is 66.5 Å². The Balaban J connectivity index is 1.41. The lowest BCUT2D eigenvalue weighted by Crippen LogP contribution is -2.51. The standard InChI is InChI=1S/C24H36N2O3S/c1-18(20-12-11-19-7-5-6-8-21(19)15-20)25-16-24(27)26(22-9-3-2-4-10-22)23-13-14-30(28,29)17-23/h11-12,15,18,22-23,25H,2-10,13-14,16-17H2,1H3/t18-,23-/m0/s1. The van der Waals surface area contributed by atoms with Crippen molar-refractivity contribution in [3.63, 3.8) is 0 Å². The molecule has 4 rings (SSSR count). The number of rotatable bonds is 6. The van der Waals surface area contributed by atoms with Gasteiger partial charge < -0.3 is 10.2 Å². The third-order valence-corrected chi connectivity index (χ3v) is 9.04. The van der Waals surface area contributed by atoms with Crippen molar-refractivity contribution in [2.75, 3.05) is 18.1 Å². The fraction of sp³-hybridized carbons (Fsp3) is 0.708. The summed E-state index contributed by atoms with van der Waals surface area (Å²) in [6.07, 6.45) is 10.9. The Kier molecular flexibility index (Phi) is 6.83. The molecule has 1 N–H and O–H groups in total. The number of hydrogen-bond donors (Lipinski definition) is 1. The lowest BCUT2D eigenvalue weighted by molar-refractivity contribution is -0.135. The predicted molar refractivity (Wildman–Crippen MR) is 120 cm³/mol. The van der Waals surface area contributed by atoms with Crippen molar-refractivity contribution in [2.45, 2.75) is 89.3 Å². The summed E-state index contributed by atoms with van der Waals surface area (Å²) in [7, 11) is -3.01. The number of fused-ring (bicyclic) bond motifs is 1. The van der Waals surface area contributed by atoms with Gasteiger partial charge in [0, 0.05) is 18.1 Å². The third-order valence-electron chi connectivity index (χ3n) is 7.29. The first-order chi connectivity index (χ1) is 14.4. The van der Waals surface area contributed by atoms with E-state index in [-0.39, 0.29) is 42.1 Å². The number of amides is 1. The largest absolute Gasteiger partial charge is 0.335 e. The molecule has 166 valence electrons. The Morgan fingerprint density at radius 1 is 1.03 bits per heavy atom. The maximum atomic E-state index is 13.3. The zero-order valence-corrected chi connectivity index (χ0v) is 19.1. The smallest absolute Gasteiger partial charge is 0.237 e. The number of hydrogen-bond acceptors (Lipinski definition) is 4. The molecule has 6 heteroatoms. The lowest BCUT2D eigenvalue weighted by Gasteiger charge is -2.38. The van der Waals surface area contributed by atoms with Gasteiger partial charge in [-0.05, 0) is 68.6 Å². The van der Waals surface area contributed by atoms with Gasteiger partial charge >= 0.3 is 0 Å². The van der Waals surface area contributed by atoms with Gasteiger partial charge in [-0.3, -0.25) is 4.79 Å². The highest BCUT2D eigenvalue weighted by Gasteiger charge is 2.38. The molecule has 0 bridgehead atoms. The van der Waals surface area contributed by atoms with Crippen molar-refractivity contribution in [1.82, 2.24) is 10.2 Å². The molecule has 1 aromatic rings. The predicted octanol–water partition coefficient (Wildman–Crippen LogP) is 3.56. The molecule has 2 atom stereocenters. The summed E-state index contributed by atoms with van der Waals surface area (Å²) in [6, 6.07) is 6.90. The maximum absolute atomic E-state index is 13.3. The number of carbonyl (C=O) groups is 1. The molecule has 2 fully saturated rings. The summed E-state index contributed by atoms with van der Waals surface area (Å²) in [5.41, 5.74) is 4.16. The first-order valence-corrected chi connectivity index (χ1v) is 13.6. The molecule has 30 heavy (non-hydrogen) atoms. The second-order valence-electron chi connectivity index (χ2n) is 9.49. The van der Waals surface area contributed by atoms with Crippen LogP contribution >= 0.6 is 0 Å². The van der Waals surface area contributed by atoms with Crippen molar-refractivity contribution in [2.24, 2.45) is 0 Å². The lowest BCUT2D eigenvalue weighted by atomic mass is 9.89. The summed E-state index contributed by atoms with van der Waals surface area (Å²) in [4.78, 5) is 15.2. The minimum absolute atomic E-state index is 0.0637. The highest BCUT2D eigenvalue weighted by Crippen LogP contribution is 2.29. The second-order valence-corrected chi connectivity index (χ2v) is 11.7. The average Bonchev–Trinajstić information content (AvgIpc) is 3.11. The zero-order valence-electron chi connectivity index (χ0n) is 18.2. The molecular formula is C24H36N2O3S. The Morgan fingerprint density at radius 3 is 2.47 bits per heavy atom. The van der Waals surface area contributed by atoms with Crippen LogP contribution in [0.4, 0.5) is 0 Å². The van der Waals surface area contributed by atoms with Crippen molar-refractivity contribution < 1.29 is 13.2 Å². The Labute approximate surface area is 181 Å². The van der Waals surface area contributed by atoms with Crippen molar-refractivity contribution in [1.29, 1.82) is 0 Å². The van der Waals surface area contributed by atoms with Gasteiger partial charge in [0.2, 0.25) is 5.91 Å². The minimum atomic E-state index is -3.01. The molecule has 1 heterocycles. The van der Waals surface area contributed by atoms with Crippen LogP contribution < -0.4 is 5.32 Å². The first-order valence-electron chi connectivity index (χ1n) is 11.8. The van der Waals surface area contributed by atoms with E-state index in [9.17, 15) is 13.2 Å². The van der Waals surface area contributed by atoms with Gasteiger partial charge in [0.15, 0.2) is 9.84 Å². The van der Waals surface area contributed by atoms with Gasteiger partial charge in [-0.1, -0.05) is 37.5 Å². The number of benzene rings is 1. The molecular weight excluding hydrogens is 396 g/mol. The number of carbonyl (C=O) groups excluding carboxylic acids is 1. The SMILES string of the molecule is C[C@H](NCC(=O)N(C1CCCCC1)[C@H]1CCS(=O)(=O)C1)c1ccc2c(c1)CCCC2. The van der Waals surface area contributed by atoms with Crippen LogP contribution in [-0.2, 0) is 27.5 Å². The summed E-state index contributed by atoms with van der Waals surface area (Å²) in [5, 5.41) is 3.43. The first kappa shape index (κ1) is 21.8. The summed E-state index contributed by atoms with van der Waals surface area (Å²) in [6.45, 7) is 2.38. The van der Waals surface area contributed by atoms with E-state index < -0.39 is 9.84 Å². The second kappa shape index (κ2) is 9.39. The summed E-state index contributed by atoms with van der Waals surface area (Å²) in [5.74, 6) is 0.414. The molecule has 3 aliphatic rings. The van der Waals surface area contributed by atoms with Crippen LogP contribution in [-0.4, -0.2) is 49.4 Å². The van der Waals surface area contributed by atoms with Crippen LogP contribution in [0.3, 0.4) is 0 Å². The highest BCUT2D eigenvalue weighted by atomic mass is 32.2. The van der Waals surface area contributed by atoms with Crippen LogP contribution in [0.25, 0.3) is 0 Å². The van der Waals surface area contributed by atoms with E-state index in [0.29, 0.717) is 6.42 Å². The molecule has 1 aromatic carbocycles. The molecule has 1 saturated carbocycles. The van der Waals surface area contributed by atoms with Crippen molar-refractivity contribution in [3.05, 3.63) is 34.9 Å². The van der Waals surface area contributed by atoms with E-state index in [1.165, 1.54) is 42.4 Å². The molecule has 1 aliphatic heterocycles. The van der Waals surface area contributed by atoms with Gasteiger partial charge in [0.25, 0.3) is 0 Å². The average molecular weight is 433 g/mol. The van der Waals surface area contributed by atoms with Crippen LogP contribution in [0.2, 0.25) is 0 Å². The fourth-order valence-corrected chi connectivity index (χ4v) is 7.24. The molecule has 2 aliphatic carbocycles. The fourth-order valence-electron chi connectivity index (χ4n) is 5.53. The highest BCUT2D eigenvalue weighted by molar-refractivity contribution is 7.91. The van der Waals surface area contributed by atoms with E-state index >= 15 is 0 Å². The van der Waals surface area contributed by atoms with E-state index in [1.807, 2.05) is 4.90 Å². The van der Waals surface area contributed by atoms with E-state index in [1.54, 1.807) is 0 Å². The van der Waals surface area contributed by atoms with Crippen LogP contribution in [0, 0.1) is 0 Å². The van der Waals surface area contributed by atoms with Crippen molar-refractivity contribution in [3.8, 4) is 0 Å². The Morgan fingerprint density at radius 2 is 1.77 bits per heavy atom. The quantitative estimate of drug-likeness (QED) is 0.746. The van der Waals surface area contributed by atoms with Gasteiger partial charge in [-0.2, -0.15) is 0 Å². The van der Waals surface area contributed by atoms with E-state index in [0.717, 1.165) is 32.1 Å². The van der Waals surface area contributed by atoms with Crippen LogP contribution in [0.5, 0.6) is 0 Å². The Hall–Kier alpha value is -1.40. The molecule has 1 amide bonds. The monoisotopic (exact) mass is 432 g/mol. The third kappa shape index (κ3) is 5.08. The number of nitrogens with one attached hydrogen (secondary N) is 1. The maximum Gasteiger partial charge on any atom is 0.237 e. The molecule has 0 spiro atoms. The molecule has 1 saturated heterocycles. The normalized spacial score (nSPS) is 24.9. The number of sulfone groups is 1.